The maximum absolute atomic E-state index is 13.0. The Balaban J connectivity index is 1.95. The van der Waals surface area contributed by atoms with Gasteiger partial charge in [-0.05, 0) is 42.3 Å². The monoisotopic (exact) mass is 379 g/mol. The standard InChI is InChI=1S/C19H13N3O4S/c1-11-15-17(27-16(11)12-7-9-14(10-8-12)22(25)26)20-19(24)21(18(15)23)13-5-3-2-4-6-13/h2-10H,1H3,(H,20,24). The molecule has 0 aliphatic heterocycles. The van der Waals surface area contributed by atoms with E-state index >= 15 is 0 Å². The number of aryl methyl sites for hydroxylation is 1. The summed E-state index contributed by atoms with van der Waals surface area (Å²) in [7, 11) is 0. The molecule has 0 unspecified atom stereocenters. The second-order valence-corrected chi connectivity index (χ2v) is 6.99. The van der Waals surface area contributed by atoms with E-state index in [1.807, 2.05) is 13.0 Å². The van der Waals surface area contributed by atoms with Crippen LogP contribution >= 0.6 is 11.3 Å². The number of nitrogens with zero attached hydrogens (tertiary/aromatic N) is 2. The number of nitro benzene ring substituents is 1. The Morgan fingerprint density at radius 2 is 1.70 bits per heavy atom. The average molecular weight is 379 g/mol. The fraction of sp³-hybridized carbons (Fsp3) is 0.0526. The highest BCUT2D eigenvalue weighted by atomic mass is 32.1. The van der Waals surface area contributed by atoms with Crippen LogP contribution < -0.4 is 11.2 Å². The molecule has 0 amide bonds. The molecule has 4 aromatic rings. The largest absolute Gasteiger partial charge is 0.334 e. The van der Waals surface area contributed by atoms with Crippen LogP contribution in [0.15, 0.2) is 64.2 Å². The van der Waals surface area contributed by atoms with Crippen LogP contribution in [0.25, 0.3) is 26.3 Å². The quantitative estimate of drug-likeness (QED) is 0.434. The van der Waals surface area contributed by atoms with Crippen molar-refractivity contribution in [1.29, 1.82) is 0 Å². The van der Waals surface area contributed by atoms with Gasteiger partial charge in [0, 0.05) is 17.0 Å². The van der Waals surface area contributed by atoms with E-state index in [4.69, 9.17) is 0 Å². The summed E-state index contributed by atoms with van der Waals surface area (Å²) in [5.41, 5.74) is 1.09. The van der Waals surface area contributed by atoms with Crippen molar-refractivity contribution in [3.8, 4) is 16.1 Å². The lowest BCUT2D eigenvalue weighted by atomic mass is 10.1. The van der Waals surface area contributed by atoms with Gasteiger partial charge in [0.15, 0.2) is 0 Å². The summed E-state index contributed by atoms with van der Waals surface area (Å²) >= 11 is 1.28. The Morgan fingerprint density at radius 1 is 1.04 bits per heavy atom. The van der Waals surface area contributed by atoms with Crippen molar-refractivity contribution in [2.45, 2.75) is 6.92 Å². The minimum Gasteiger partial charge on any atom is -0.298 e. The summed E-state index contributed by atoms with van der Waals surface area (Å²) in [4.78, 5) is 39.9. The number of hydrogen-bond acceptors (Lipinski definition) is 5. The van der Waals surface area contributed by atoms with Gasteiger partial charge >= 0.3 is 5.69 Å². The first-order valence-electron chi connectivity index (χ1n) is 8.06. The number of aromatic nitrogens is 2. The van der Waals surface area contributed by atoms with E-state index in [2.05, 4.69) is 4.98 Å². The summed E-state index contributed by atoms with van der Waals surface area (Å²) in [5, 5.41) is 11.3. The Morgan fingerprint density at radius 3 is 2.33 bits per heavy atom. The maximum atomic E-state index is 13.0. The van der Waals surface area contributed by atoms with Crippen molar-refractivity contribution >= 4 is 27.2 Å². The van der Waals surface area contributed by atoms with Crippen LogP contribution in [0, 0.1) is 17.0 Å². The summed E-state index contributed by atoms with van der Waals surface area (Å²) in [6.07, 6.45) is 0. The number of thiophene rings is 1. The zero-order chi connectivity index (χ0) is 19.1. The molecule has 2 aromatic heterocycles. The number of H-pyrrole nitrogens is 1. The molecule has 0 saturated carbocycles. The summed E-state index contributed by atoms with van der Waals surface area (Å²) in [6, 6.07) is 14.8. The van der Waals surface area contributed by atoms with Crippen molar-refractivity contribution in [2.24, 2.45) is 0 Å². The number of para-hydroxylation sites is 1. The molecule has 0 aliphatic rings. The van der Waals surface area contributed by atoms with E-state index < -0.39 is 10.6 Å². The number of fused-ring (bicyclic) bond motifs is 1. The lowest BCUT2D eigenvalue weighted by Gasteiger charge is -2.04. The number of nitrogens with one attached hydrogen (secondary N) is 1. The van der Waals surface area contributed by atoms with Crippen molar-refractivity contribution in [3.63, 3.8) is 0 Å². The topological polar surface area (TPSA) is 98.0 Å². The average Bonchev–Trinajstić information content (AvgIpc) is 2.99. The first-order valence-corrected chi connectivity index (χ1v) is 8.87. The SMILES string of the molecule is Cc1c(-c2ccc([N+](=O)[O-])cc2)sc2[nH]c(=O)n(-c3ccccc3)c(=O)c12. The van der Waals surface area contributed by atoms with E-state index in [1.165, 1.54) is 23.5 Å². The normalized spacial score (nSPS) is 11.0. The van der Waals surface area contributed by atoms with Gasteiger partial charge < -0.3 is 0 Å². The van der Waals surface area contributed by atoms with Crippen LogP contribution in [0.1, 0.15) is 5.56 Å². The lowest BCUT2D eigenvalue weighted by Crippen LogP contribution is -2.33. The molecule has 2 heterocycles. The van der Waals surface area contributed by atoms with E-state index in [9.17, 15) is 19.7 Å². The molecule has 0 radical (unpaired) electrons. The minimum absolute atomic E-state index is 0.00245. The van der Waals surface area contributed by atoms with Crippen LogP contribution in [0.2, 0.25) is 0 Å². The molecule has 4 rings (SSSR count). The van der Waals surface area contributed by atoms with Crippen LogP contribution in [-0.2, 0) is 0 Å². The molecule has 27 heavy (non-hydrogen) atoms. The highest BCUT2D eigenvalue weighted by Crippen LogP contribution is 2.36. The van der Waals surface area contributed by atoms with Gasteiger partial charge in [0.2, 0.25) is 0 Å². The number of nitro groups is 1. The highest BCUT2D eigenvalue weighted by Gasteiger charge is 2.18. The third-order valence-electron chi connectivity index (χ3n) is 4.34. The zero-order valence-electron chi connectivity index (χ0n) is 14.1. The fourth-order valence-electron chi connectivity index (χ4n) is 3.04. The maximum Gasteiger partial charge on any atom is 0.334 e. The molecule has 0 aliphatic carbocycles. The third-order valence-corrected chi connectivity index (χ3v) is 5.60. The van der Waals surface area contributed by atoms with Gasteiger partial charge in [0.25, 0.3) is 11.2 Å². The van der Waals surface area contributed by atoms with Gasteiger partial charge in [0.1, 0.15) is 4.83 Å². The molecule has 7 nitrogen and oxygen atoms in total. The second-order valence-electron chi connectivity index (χ2n) is 5.97. The predicted molar refractivity (Wildman–Crippen MR) is 105 cm³/mol. The highest BCUT2D eigenvalue weighted by molar-refractivity contribution is 7.22. The number of non-ortho nitro benzene ring substituents is 1. The van der Waals surface area contributed by atoms with Crippen LogP contribution in [0.5, 0.6) is 0 Å². The van der Waals surface area contributed by atoms with Gasteiger partial charge in [-0.3, -0.25) is 19.9 Å². The van der Waals surface area contributed by atoms with Crippen LogP contribution in [0.4, 0.5) is 5.69 Å². The Hall–Kier alpha value is -3.52. The van der Waals surface area contributed by atoms with E-state index in [0.29, 0.717) is 15.9 Å². The third kappa shape index (κ3) is 2.76. The second kappa shape index (κ2) is 6.33. The van der Waals surface area contributed by atoms with Crippen molar-refractivity contribution < 1.29 is 4.92 Å². The van der Waals surface area contributed by atoms with Crippen LogP contribution in [0.3, 0.4) is 0 Å². The molecule has 134 valence electrons. The smallest absolute Gasteiger partial charge is 0.298 e. The molecule has 0 saturated heterocycles. The summed E-state index contributed by atoms with van der Waals surface area (Å²) in [6.45, 7) is 1.81. The molecular formula is C19H13N3O4S. The van der Waals surface area contributed by atoms with E-state index in [-0.39, 0.29) is 11.2 Å². The van der Waals surface area contributed by atoms with Crippen LogP contribution in [-0.4, -0.2) is 14.5 Å². The summed E-state index contributed by atoms with van der Waals surface area (Å²) in [5.74, 6) is 0. The molecule has 8 heteroatoms. The van der Waals surface area contributed by atoms with Gasteiger partial charge in [-0.25, -0.2) is 9.36 Å². The number of benzene rings is 2. The van der Waals surface area contributed by atoms with E-state index in [0.717, 1.165) is 20.6 Å². The van der Waals surface area contributed by atoms with E-state index in [1.54, 1.807) is 36.4 Å². The molecule has 1 N–H and O–H groups in total. The number of rotatable bonds is 3. The number of hydrogen-bond donors (Lipinski definition) is 1. The molecule has 2 aromatic carbocycles. The Kier molecular flexibility index (Phi) is 3.97. The fourth-order valence-corrected chi connectivity index (χ4v) is 4.23. The molecule has 0 atom stereocenters. The molecule has 0 spiro atoms. The zero-order valence-corrected chi connectivity index (χ0v) is 14.9. The molecular weight excluding hydrogens is 366 g/mol. The van der Waals surface area contributed by atoms with Crippen molar-refractivity contribution in [2.75, 3.05) is 0 Å². The van der Waals surface area contributed by atoms with Crippen molar-refractivity contribution in [1.82, 2.24) is 9.55 Å². The van der Waals surface area contributed by atoms with Gasteiger partial charge in [0.05, 0.1) is 16.0 Å². The molecule has 0 bridgehead atoms. The van der Waals surface area contributed by atoms with Gasteiger partial charge in [-0.1, -0.05) is 18.2 Å². The molecule has 0 fully saturated rings. The number of aromatic amines is 1. The minimum atomic E-state index is -0.504. The first kappa shape index (κ1) is 16.9. The first-order chi connectivity index (χ1) is 13.0. The van der Waals surface area contributed by atoms with Crippen molar-refractivity contribution in [3.05, 3.63) is 91.1 Å². The van der Waals surface area contributed by atoms with Gasteiger partial charge in [-0.15, -0.1) is 11.3 Å². The predicted octanol–water partition coefficient (Wildman–Crippen LogP) is 3.62. The summed E-state index contributed by atoms with van der Waals surface area (Å²) < 4.78 is 1.11. The Bertz CT molecular complexity index is 1290. The van der Waals surface area contributed by atoms with Gasteiger partial charge in [-0.2, -0.15) is 0 Å². The lowest BCUT2D eigenvalue weighted by molar-refractivity contribution is -0.384. The Labute approximate surface area is 156 Å².